The molecule has 0 fully saturated rings. The molecule has 7 nitrogen and oxygen atoms in total. The van der Waals surface area contributed by atoms with E-state index in [2.05, 4.69) is 125 Å². The van der Waals surface area contributed by atoms with Crippen LogP contribution in [0.15, 0.2) is 243 Å². The molecule has 0 atom stereocenters. The second-order valence-electron chi connectivity index (χ2n) is 17.0. The number of amidine groups is 1. The quantitative estimate of drug-likeness (QED) is 0.103. The number of allylic oxidation sites excluding steroid dienone is 1. The Morgan fingerprint density at radius 3 is 1.39 bits per heavy atom. The molecule has 0 unspecified atom stereocenters. The van der Waals surface area contributed by atoms with Gasteiger partial charge < -0.3 is 29.3 Å². The maximum Gasteiger partial charge on any atom is 0.151 e. The van der Waals surface area contributed by atoms with Gasteiger partial charge in [-0.2, -0.15) is 0 Å². The number of hydrogen-bond acceptors (Lipinski definition) is 6. The molecule has 0 aliphatic carbocycles. The Bertz CT molecular complexity index is 3410. The summed E-state index contributed by atoms with van der Waals surface area (Å²) >= 11 is 0. The van der Waals surface area contributed by atoms with Crippen LogP contribution >= 0.6 is 0 Å². The van der Waals surface area contributed by atoms with Crippen LogP contribution in [0.5, 0.6) is 34.5 Å². The molecule has 9 aromatic rings. The number of aryl methyl sites for hydroxylation is 1. The van der Waals surface area contributed by atoms with Crippen LogP contribution in [0.1, 0.15) is 40.3 Å². The van der Waals surface area contributed by atoms with Crippen LogP contribution in [0.3, 0.4) is 0 Å². The Morgan fingerprint density at radius 1 is 0.471 bits per heavy atom. The summed E-state index contributed by atoms with van der Waals surface area (Å²) in [6, 6.07) is 73.7. The van der Waals surface area contributed by atoms with Gasteiger partial charge in [0.15, 0.2) is 23.0 Å². The van der Waals surface area contributed by atoms with Crippen molar-refractivity contribution in [1.82, 2.24) is 5.32 Å². The van der Waals surface area contributed by atoms with E-state index in [-0.39, 0.29) is 0 Å². The minimum atomic E-state index is 0.642. The standard InChI is InChI=1S/C63H48N4O3/c1-5-52(47-32-30-45(31-33-47)43(3)51-19-7-13-25-58(51)68-57-24-12-6-18-42(57)2)65-63(48-36-40-50(41-37-48)67-55-22-10-16-28-61(55)70-62-29-17-11-23-56(62)67)64-44(4)46-34-38-49(39-35-46)66-53-20-8-14-26-59(53)69-60-27-15-9-21-54(60)66/h5-41H,3-4H2,1-2H3,(H,64,65)/b52-5-. The van der Waals surface area contributed by atoms with Gasteiger partial charge in [-0.15, -0.1) is 0 Å². The van der Waals surface area contributed by atoms with Gasteiger partial charge >= 0.3 is 0 Å². The second-order valence-corrected chi connectivity index (χ2v) is 17.0. The van der Waals surface area contributed by atoms with E-state index in [1.54, 1.807) is 0 Å². The Labute approximate surface area is 408 Å². The average molecular weight is 909 g/mol. The lowest BCUT2D eigenvalue weighted by atomic mass is 9.97. The van der Waals surface area contributed by atoms with Crippen molar-refractivity contribution in [2.24, 2.45) is 4.99 Å². The van der Waals surface area contributed by atoms with E-state index >= 15 is 0 Å². The molecule has 9 aromatic carbocycles. The summed E-state index contributed by atoms with van der Waals surface area (Å²) in [5, 5.41) is 3.65. The Hall–Kier alpha value is -9.33. The van der Waals surface area contributed by atoms with Crippen molar-refractivity contribution in [1.29, 1.82) is 0 Å². The number of nitrogens with one attached hydrogen (secondary N) is 1. The normalized spacial score (nSPS) is 12.6. The minimum Gasteiger partial charge on any atom is -0.456 e. The number of fused-ring (bicyclic) bond motifs is 4. The van der Waals surface area contributed by atoms with Crippen molar-refractivity contribution in [2.45, 2.75) is 13.8 Å². The number of anilines is 6. The van der Waals surface area contributed by atoms with E-state index in [1.165, 1.54) is 0 Å². The van der Waals surface area contributed by atoms with E-state index in [1.807, 2.05) is 141 Å². The van der Waals surface area contributed by atoms with Crippen LogP contribution in [-0.4, -0.2) is 5.84 Å². The lowest BCUT2D eigenvalue weighted by Crippen LogP contribution is -2.23. The predicted molar refractivity (Wildman–Crippen MR) is 287 cm³/mol. The molecular weight excluding hydrogens is 861 g/mol. The first-order valence-corrected chi connectivity index (χ1v) is 23.3. The summed E-state index contributed by atoms with van der Waals surface area (Å²) in [6.07, 6.45) is 2.03. The lowest BCUT2D eigenvalue weighted by Gasteiger charge is -2.33. The zero-order chi connectivity index (χ0) is 47.6. The van der Waals surface area contributed by atoms with Crippen molar-refractivity contribution in [3.8, 4) is 34.5 Å². The van der Waals surface area contributed by atoms with E-state index in [0.29, 0.717) is 11.5 Å². The molecule has 70 heavy (non-hydrogen) atoms. The monoisotopic (exact) mass is 908 g/mol. The predicted octanol–water partition coefficient (Wildman–Crippen LogP) is 17.1. The van der Waals surface area contributed by atoms with Gasteiger partial charge in [-0.3, -0.25) is 0 Å². The Balaban J connectivity index is 0.915. The molecule has 0 amide bonds. The molecule has 0 aromatic heterocycles. The van der Waals surface area contributed by atoms with Crippen LogP contribution < -0.4 is 29.3 Å². The third-order valence-corrected chi connectivity index (χ3v) is 12.6. The minimum absolute atomic E-state index is 0.642. The van der Waals surface area contributed by atoms with Crippen molar-refractivity contribution in [3.05, 3.63) is 271 Å². The molecule has 7 heteroatoms. The molecule has 0 radical (unpaired) electrons. The van der Waals surface area contributed by atoms with Gasteiger partial charge in [-0.1, -0.05) is 141 Å². The van der Waals surface area contributed by atoms with Crippen molar-refractivity contribution in [3.63, 3.8) is 0 Å². The summed E-state index contributed by atoms with van der Waals surface area (Å²) in [6.45, 7) is 13.1. The van der Waals surface area contributed by atoms with Gasteiger partial charge in [0, 0.05) is 28.2 Å². The topological polar surface area (TPSA) is 58.6 Å². The third kappa shape index (κ3) is 8.37. The maximum atomic E-state index is 6.43. The molecule has 2 aliphatic rings. The molecule has 2 heterocycles. The third-order valence-electron chi connectivity index (χ3n) is 12.6. The highest BCUT2D eigenvalue weighted by Crippen LogP contribution is 2.51. The van der Waals surface area contributed by atoms with Gasteiger partial charge in [-0.05, 0) is 139 Å². The molecule has 0 bridgehead atoms. The SMILES string of the molecule is C=C(NC(=N/C(=C\C)c1ccc(C(=C)c2ccccc2Oc2ccccc2C)cc1)c1ccc(N2c3ccccc3Oc3ccccc32)cc1)c1ccc(N2c3ccccc3Oc3ccccc32)cc1. The average Bonchev–Trinajstić information content (AvgIpc) is 3.41. The van der Waals surface area contributed by atoms with Crippen LogP contribution in [0.4, 0.5) is 34.1 Å². The van der Waals surface area contributed by atoms with Crippen LogP contribution in [0.2, 0.25) is 0 Å². The van der Waals surface area contributed by atoms with E-state index in [0.717, 1.165) is 113 Å². The first kappa shape index (κ1) is 43.3. The number of ether oxygens (including phenoxy) is 3. The Kier molecular flexibility index (Phi) is 11.6. The van der Waals surface area contributed by atoms with Crippen molar-refractivity contribution < 1.29 is 14.2 Å². The van der Waals surface area contributed by atoms with Gasteiger partial charge in [0.05, 0.1) is 28.4 Å². The van der Waals surface area contributed by atoms with E-state index < -0.39 is 0 Å². The molecule has 2 aliphatic heterocycles. The molecule has 338 valence electrons. The van der Waals surface area contributed by atoms with Gasteiger partial charge in [0.25, 0.3) is 0 Å². The molecular formula is C63H48N4O3. The maximum absolute atomic E-state index is 6.43. The van der Waals surface area contributed by atoms with Crippen LogP contribution in [-0.2, 0) is 0 Å². The van der Waals surface area contributed by atoms with Gasteiger partial charge in [0.2, 0.25) is 0 Å². The molecule has 0 spiro atoms. The summed E-state index contributed by atoms with van der Waals surface area (Å²) in [5.74, 6) is 5.41. The molecule has 0 saturated heterocycles. The number of nitrogens with zero attached hydrogens (tertiary/aromatic N) is 3. The largest absolute Gasteiger partial charge is 0.456 e. The zero-order valence-electron chi connectivity index (χ0n) is 38.8. The fourth-order valence-electron chi connectivity index (χ4n) is 8.93. The van der Waals surface area contributed by atoms with E-state index in [9.17, 15) is 0 Å². The molecule has 1 N–H and O–H groups in total. The highest BCUT2D eigenvalue weighted by molar-refractivity contribution is 6.06. The van der Waals surface area contributed by atoms with Crippen molar-refractivity contribution >= 4 is 56.9 Å². The van der Waals surface area contributed by atoms with E-state index in [4.69, 9.17) is 19.2 Å². The highest BCUT2D eigenvalue weighted by Gasteiger charge is 2.27. The summed E-state index contributed by atoms with van der Waals surface area (Å²) < 4.78 is 19.0. The zero-order valence-corrected chi connectivity index (χ0v) is 38.8. The lowest BCUT2D eigenvalue weighted by molar-refractivity contribution is 0.477. The number of benzene rings is 9. The number of hydrogen-bond donors (Lipinski definition) is 1. The number of aliphatic imine (C=N–C) groups is 1. The Morgan fingerprint density at radius 2 is 0.886 bits per heavy atom. The van der Waals surface area contributed by atoms with Crippen LogP contribution in [0, 0.1) is 6.92 Å². The number of rotatable bonds is 11. The molecule has 0 saturated carbocycles. The smallest absolute Gasteiger partial charge is 0.151 e. The van der Waals surface area contributed by atoms with Gasteiger partial charge in [-0.25, -0.2) is 4.99 Å². The van der Waals surface area contributed by atoms with Crippen LogP contribution in [0.25, 0.3) is 17.0 Å². The summed E-state index contributed by atoms with van der Waals surface area (Å²) in [4.78, 5) is 9.82. The summed E-state index contributed by atoms with van der Waals surface area (Å²) in [7, 11) is 0. The number of para-hydroxylation sites is 10. The first-order chi connectivity index (χ1) is 34.4. The highest BCUT2D eigenvalue weighted by atomic mass is 16.5. The summed E-state index contributed by atoms with van der Waals surface area (Å²) in [5.41, 5.74) is 13.9. The first-order valence-electron chi connectivity index (χ1n) is 23.3. The fraction of sp³-hybridized carbons (Fsp3) is 0.0317. The molecule has 11 rings (SSSR count). The fourth-order valence-corrected chi connectivity index (χ4v) is 8.93. The van der Waals surface area contributed by atoms with Crippen molar-refractivity contribution in [2.75, 3.05) is 9.80 Å². The second kappa shape index (κ2) is 18.7. The van der Waals surface area contributed by atoms with Gasteiger partial charge in [0.1, 0.15) is 17.3 Å².